The number of benzene rings is 1. The Balaban J connectivity index is 2.11. The summed E-state index contributed by atoms with van der Waals surface area (Å²) in [5, 5.41) is 16.8. The van der Waals surface area contributed by atoms with Crippen LogP contribution in [0.15, 0.2) is 34.9 Å². The Kier molecular flexibility index (Phi) is 3.69. The van der Waals surface area contributed by atoms with Crippen LogP contribution in [-0.2, 0) is 13.0 Å². The number of hydrogen-bond donors (Lipinski definition) is 1. The summed E-state index contributed by atoms with van der Waals surface area (Å²) in [6.45, 7) is 0.785. The lowest BCUT2D eigenvalue weighted by atomic mass is 10.2. The first-order chi connectivity index (χ1) is 7.79. The Morgan fingerprint density at radius 3 is 2.88 bits per heavy atom. The number of hydrogen-bond acceptors (Lipinski definition) is 3. The molecule has 0 amide bonds. The van der Waals surface area contributed by atoms with Gasteiger partial charge in [0.1, 0.15) is 0 Å². The quantitative estimate of drug-likeness (QED) is 0.927. The van der Waals surface area contributed by atoms with E-state index in [4.69, 9.17) is 5.11 Å². The first-order valence-corrected chi connectivity index (χ1v) is 5.82. The van der Waals surface area contributed by atoms with E-state index in [0.717, 1.165) is 15.7 Å². The van der Waals surface area contributed by atoms with E-state index in [9.17, 15) is 0 Å². The minimum Gasteiger partial charge on any atom is -0.396 e. The predicted molar refractivity (Wildman–Crippen MR) is 64.1 cm³/mol. The van der Waals surface area contributed by atoms with E-state index in [1.54, 1.807) is 4.68 Å². The van der Waals surface area contributed by atoms with E-state index in [2.05, 4.69) is 26.2 Å². The van der Waals surface area contributed by atoms with Crippen LogP contribution in [0.25, 0.3) is 0 Å². The monoisotopic (exact) mass is 281 g/mol. The molecule has 0 fully saturated rings. The molecular formula is C11H12BrN3O. The smallest absolute Gasteiger partial charge is 0.0850 e. The summed E-state index contributed by atoms with van der Waals surface area (Å²) >= 11 is 3.49. The lowest BCUT2D eigenvalue weighted by Gasteiger charge is -2.02. The average molecular weight is 282 g/mol. The van der Waals surface area contributed by atoms with Crippen molar-refractivity contribution >= 4 is 15.9 Å². The van der Waals surface area contributed by atoms with E-state index < -0.39 is 0 Å². The third-order valence-electron chi connectivity index (χ3n) is 2.24. The zero-order valence-corrected chi connectivity index (χ0v) is 10.3. The maximum Gasteiger partial charge on any atom is 0.0850 e. The summed E-state index contributed by atoms with van der Waals surface area (Å²) < 4.78 is 2.83. The van der Waals surface area contributed by atoms with Crippen LogP contribution in [-0.4, -0.2) is 26.7 Å². The molecular weight excluding hydrogens is 270 g/mol. The highest BCUT2D eigenvalue weighted by Gasteiger charge is 2.03. The van der Waals surface area contributed by atoms with E-state index in [1.165, 1.54) is 0 Å². The van der Waals surface area contributed by atoms with Gasteiger partial charge < -0.3 is 5.11 Å². The van der Waals surface area contributed by atoms with Crippen molar-refractivity contribution in [1.29, 1.82) is 0 Å². The van der Waals surface area contributed by atoms with E-state index in [1.807, 2.05) is 30.5 Å². The molecule has 0 atom stereocenters. The lowest BCUT2D eigenvalue weighted by molar-refractivity contribution is 0.298. The number of rotatable bonds is 4. The van der Waals surface area contributed by atoms with Crippen molar-refractivity contribution in [1.82, 2.24) is 15.0 Å². The second-order valence-electron chi connectivity index (χ2n) is 3.47. The fraction of sp³-hybridized carbons (Fsp3) is 0.273. The van der Waals surface area contributed by atoms with Crippen LogP contribution in [0.4, 0.5) is 0 Å². The van der Waals surface area contributed by atoms with Crippen LogP contribution in [0.3, 0.4) is 0 Å². The van der Waals surface area contributed by atoms with Crippen LogP contribution in [0.5, 0.6) is 0 Å². The Hall–Kier alpha value is -1.20. The van der Waals surface area contributed by atoms with Gasteiger partial charge in [-0.2, -0.15) is 0 Å². The molecule has 2 rings (SSSR count). The fourth-order valence-corrected chi connectivity index (χ4v) is 1.86. The summed E-state index contributed by atoms with van der Waals surface area (Å²) in [5.74, 6) is 0. The molecule has 1 heterocycles. The van der Waals surface area contributed by atoms with Crippen molar-refractivity contribution < 1.29 is 5.11 Å². The number of nitrogens with zero attached hydrogens (tertiary/aromatic N) is 3. The van der Waals surface area contributed by atoms with E-state index in [0.29, 0.717) is 13.0 Å². The molecule has 0 aliphatic carbocycles. The zero-order valence-electron chi connectivity index (χ0n) is 8.67. The Bertz CT molecular complexity index is 470. The van der Waals surface area contributed by atoms with Gasteiger partial charge in [0.25, 0.3) is 0 Å². The topological polar surface area (TPSA) is 50.9 Å². The molecule has 0 saturated heterocycles. The van der Waals surface area contributed by atoms with Crippen LogP contribution in [0, 0.1) is 0 Å². The van der Waals surface area contributed by atoms with Gasteiger partial charge in [0.15, 0.2) is 0 Å². The highest BCUT2D eigenvalue weighted by atomic mass is 79.9. The Morgan fingerprint density at radius 1 is 1.31 bits per heavy atom. The first-order valence-electron chi connectivity index (χ1n) is 5.03. The summed E-state index contributed by atoms with van der Waals surface area (Å²) in [5.41, 5.74) is 1.97. The molecule has 16 heavy (non-hydrogen) atoms. The van der Waals surface area contributed by atoms with Crippen molar-refractivity contribution in [2.45, 2.75) is 13.0 Å². The highest BCUT2D eigenvalue weighted by molar-refractivity contribution is 9.10. The minimum atomic E-state index is 0.105. The Morgan fingerprint density at radius 2 is 2.12 bits per heavy atom. The van der Waals surface area contributed by atoms with Crippen LogP contribution in [0.2, 0.25) is 0 Å². The molecule has 0 saturated carbocycles. The molecule has 0 bridgehead atoms. The molecule has 0 unspecified atom stereocenters. The van der Waals surface area contributed by atoms with Crippen molar-refractivity contribution in [3.63, 3.8) is 0 Å². The number of aromatic nitrogens is 3. The maximum absolute atomic E-state index is 8.78. The molecule has 0 aliphatic heterocycles. The molecule has 1 N–H and O–H groups in total. The van der Waals surface area contributed by atoms with Gasteiger partial charge in [-0.3, -0.25) is 0 Å². The molecule has 0 aliphatic rings. The fourth-order valence-electron chi connectivity index (χ4n) is 1.45. The normalized spacial score (nSPS) is 10.6. The van der Waals surface area contributed by atoms with Gasteiger partial charge in [-0.15, -0.1) is 5.10 Å². The predicted octanol–water partition coefficient (Wildman–Crippen LogP) is 1.62. The van der Waals surface area contributed by atoms with E-state index >= 15 is 0 Å². The Labute approximate surface area is 102 Å². The molecule has 2 aromatic rings. The van der Waals surface area contributed by atoms with E-state index in [-0.39, 0.29) is 6.61 Å². The largest absolute Gasteiger partial charge is 0.396 e. The number of aliphatic hydroxyl groups is 1. The van der Waals surface area contributed by atoms with Crippen LogP contribution in [0.1, 0.15) is 11.3 Å². The molecule has 5 heteroatoms. The molecule has 1 aromatic heterocycles. The second kappa shape index (κ2) is 5.23. The highest BCUT2D eigenvalue weighted by Crippen LogP contribution is 2.16. The van der Waals surface area contributed by atoms with Gasteiger partial charge in [-0.25, -0.2) is 4.68 Å². The second-order valence-corrected chi connectivity index (χ2v) is 4.33. The third-order valence-corrected chi connectivity index (χ3v) is 3.02. The van der Waals surface area contributed by atoms with Gasteiger partial charge in [0.2, 0.25) is 0 Å². The average Bonchev–Trinajstić information content (AvgIpc) is 2.70. The van der Waals surface area contributed by atoms with Crippen LogP contribution >= 0.6 is 15.9 Å². The van der Waals surface area contributed by atoms with Gasteiger partial charge >= 0.3 is 0 Å². The lowest BCUT2D eigenvalue weighted by Crippen LogP contribution is -2.00. The number of halogens is 1. The molecule has 1 aromatic carbocycles. The number of aliphatic hydroxyl groups excluding tert-OH is 1. The molecule has 4 nitrogen and oxygen atoms in total. The van der Waals surface area contributed by atoms with Gasteiger partial charge in [0, 0.05) is 23.7 Å². The van der Waals surface area contributed by atoms with Gasteiger partial charge in [-0.05, 0) is 11.6 Å². The summed E-state index contributed by atoms with van der Waals surface area (Å²) in [7, 11) is 0. The van der Waals surface area contributed by atoms with Gasteiger partial charge in [-0.1, -0.05) is 39.3 Å². The van der Waals surface area contributed by atoms with Crippen molar-refractivity contribution in [2.75, 3.05) is 6.61 Å². The maximum atomic E-state index is 8.78. The molecule has 84 valence electrons. The molecule has 0 radical (unpaired) electrons. The summed E-state index contributed by atoms with van der Waals surface area (Å²) in [4.78, 5) is 0. The van der Waals surface area contributed by atoms with Crippen molar-refractivity contribution in [3.8, 4) is 0 Å². The molecule has 0 spiro atoms. The SMILES string of the molecule is OCCc1cn(Cc2ccccc2Br)nn1. The summed E-state index contributed by atoms with van der Waals surface area (Å²) in [6.07, 6.45) is 2.41. The minimum absolute atomic E-state index is 0.105. The van der Waals surface area contributed by atoms with Crippen molar-refractivity contribution in [3.05, 3.63) is 46.2 Å². The third kappa shape index (κ3) is 2.68. The van der Waals surface area contributed by atoms with Crippen LogP contribution < -0.4 is 0 Å². The standard InChI is InChI=1S/C11H12BrN3O/c12-11-4-2-1-3-9(11)7-15-8-10(5-6-16)13-14-15/h1-4,8,16H,5-7H2. The zero-order chi connectivity index (χ0) is 11.4. The van der Waals surface area contributed by atoms with Gasteiger partial charge in [0.05, 0.1) is 12.2 Å². The first kappa shape index (κ1) is 11.3. The summed E-state index contributed by atoms with van der Waals surface area (Å²) in [6, 6.07) is 8.01. The van der Waals surface area contributed by atoms with Crippen molar-refractivity contribution in [2.24, 2.45) is 0 Å².